The lowest BCUT2D eigenvalue weighted by atomic mass is 10.2. The molecule has 0 saturated carbocycles. The standard InChI is InChI=1S/C12H20IN3O/c1-4-5-9(2)14-6-7-16-8-15-10(3)11(13)12(16)17/h8-9,14H,4-7H2,1-3H3. The average Bonchev–Trinajstić information content (AvgIpc) is 2.29. The summed E-state index contributed by atoms with van der Waals surface area (Å²) in [6.45, 7) is 7.69. The topological polar surface area (TPSA) is 46.9 Å². The van der Waals surface area contributed by atoms with E-state index in [1.54, 1.807) is 10.9 Å². The summed E-state index contributed by atoms with van der Waals surface area (Å²) in [5.41, 5.74) is 0.863. The van der Waals surface area contributed by atoms with Crippen LogP contribution in [-0.2, 0) is 6.54 Å². The number of hydrogen-bond acceptors (Lipinski definition) is 3. The Morgan fingerprint density at radius 2 is 2.29 bits per heavy atom. The molecule has 5 heteroatoms. The fourth-order valence-corrected chi connectivity index (χ4v) is 2.12. The Hall–Kier alpha value is -0.430. The second kappa shape index (κ2) is 7.10. The molecule has 0 saturated heterocycles. The van der Waals surface area contributed by atoms with E-state index in [2.05, 4.69) is 46.7 Å². The van der Waals surface area contributed by atoms with E-state index in [1.165, 1.54) is 12.8 Å². The van der Waals surface area contributed by atoms with Gasteiger partial charge in [0.1, 0.15) is 0 Å². The zero-order chi connectivity index (χ0) is 12.8. The highest BCUT2D eigenvalue weighted by atomic mass is 127. The number of aromatic nitrogens is 2. The monoisotopic (exact) mass is 349 g/mol. The molecular formula is C12H20IN3O. The second-order valence-electron chi connectivity index (χ2n) is 4.29. The Bertz CT molecular complexity index is 417. The van der Waals surface area contributed by atoms with E-state index in [9.17, 15) is 4.79 Å². The average molecular weight is 349 g/mol. The van der Waals surface area contributed by atoms with Crippen molar-refractivity contribution in [2.24, 2.45) is 0 Å². The molecule has 0 aromatic carbocycles. The fraction of sp³-hybridized carbons (Fsp3) is 0.667. The summed E-state index contributed by atoms with van der Waals surface area (Å²) in [5.74, 6) is 0. The van der Waals surface area contributed by atoms with Gasteiger partial charge >= 0.3 is 0 Å². The van der Waals surface area contributed by atoms with Gasteiger partial charge in [0.05, 0.1) is 15.6 Å². The van der Waals surface area contributed by atoms with E-state index < -0.39 is 0 Å². The lowest BCUT2D eigenvalue weighted by molar-refractivity contribution is 0.479. The van der Waals surface area contributed by atoms with Gasteiger partial charge in [-0.25, -0.2) is 4.98 Å². The molecule has 1 unspecified atom stereocenters. The first-order valence-corrected chi connectivity index (χ1v) is 7.09. The third-order valence-electron chi connectivity index (χ3n) is 2.72. The molecule has 0 bridgehead atoms. The molecule has 0 aliphatic rings. The van der Waals surface area contributed by atoms with Crippen LogP contribution in [0.1, 0.15) is 32.4 Å². The highest BCUT2D eigenvalue weighted by Crippen LogP contribution is 2.01. The SMILES string of the molecule is CCCC(C)NCCn1cnc(C)c(I)c1=O. The van der Waals surface area contributed by atoms with E-state index in [-0.39, 0.29) is 5.56 Å². The molecule has 0 aliphatic carbocycles. The van der Waals surface area contributed by atoms with Crippen LogP contribution in [0.5, 0.6) is 0 Å². The first-order chi connectivity index (χ1) is 8.06. The minimum atomic E-state index is 0.0584. The summed E-state index contributed by atoms with van der Waals surface area (Å²) in [5, 5.41) is 3.40. The summed E-state index contributed by atoms with van der Waals surface area (Å²) in [6.07, 6.45) is 3.97. The normalized spacial score (nSPS) is 12.7. The quantitative estimate of drug-likeness (QED) is 0.799. The van der Waals surface area contributed by atoms with Crippen LogP contribution in [0.3, 0.4) is 0 Å². The van der Waals surface area contributed by atoms with E-state index in [0.717, 1.165) is 12.2 Å². The first-order valence-electron chi connectivity index (χ1n) is 6.01. The van der Waals surface area contributed by atoms with Crippen molar-refractivity contribution < 1.29 is 0 Å². The van der Waals surface area contributed by atoms with E-state index in [4.69, 9.17) is 0 Å². The van der Waals surface area contributed by atoms with Crippen LogP contribution >= 0.6 is 22.6 Å². The predicted molar refractivity (Wildman–Crippen MR) is 78.3 cm³/mol. The van der Waals surface area contributed by atoms with Crippen LogP contribution in [-0.4, -0.2) is 22.1 Å². The number of halogens is 1. The Labute approximate surface area is 116 Å². The van der Waals surface area contributed by atoms with Gasteiger partial charge in [-0.2, -0.15) is 0 Å². The second-order valence-corrected chi connectivity index (χ2v) is 5.37. The molecule has 1 rings (SSSR count). The van der Waals surface area contributed by atoms with Gasteiger partial charge in [-0.05, 0) is 42.9 Å². The van der Waals surface area contributed by atoms with Crippen LogP contribution in [0, 0.1) is 10.5 Å². The number of aryl methyl sites for hydroxylation is 1. The third kappa shape index (κ3) is 4.39. The van der Waals surface area contributed by atoms with Crippen LogP contribution < -0.4 is 10.9 Å². The molecule has 0 aliphatic heterocycles. The molecule has 0 spiro atoms. The Balaban J connectivity index is 2.53. The number of nitrogens with one attached hydrogen (secondary N) is 1. The van der Waals surface area contributed by atoms with Crippen molar-refractivity contribution in [1.82, 2.24) is 14.9 Å². The van der Waals surface area contributed by atoms with Crippen molar-refractivity contribution in [2.45, 2.75) is 46.2 Å². The highest BCUT2D eigenvalue weighted by Gasteiger charge is 2.05. The summed E-state index contributed by atoms with van der Waals surface area (Å²) in [6, 6.07) is 0.508. The lowest BCUT2D eigenvalue weighted by Gasteiger charge is -2.13. The summed E-state index contributed by atoms with van der Waals surface area (Å²) in [7, 11) is 0. The smallest absolute Gasteiger partial charge is 0.267 e. The summed E-state index contributed by atoms with van der Waals surface area (Å²) >= 11 is 2.06. The van der Waals surface area contributed by atoms with Gasteiger partial charge in [0, 0.05) is 19.1 Å². The van der Waals surface area contributed by atoms with E-state index in [0.29, 0.717) is 16.2 Å². The zero-order valence-electron chi connectivity index (χ0n) is 10.7. The van der Waals surface area contributed by atoms with Gasteiger partial charge in [-0.3, -0.25) is 9.36 Å². The van der Waals surface area contributed by atoms with Gasteiger partial charge in [-0.1, -0.05) is 13.3 Å². The van der Waals surface area contributed by atoms with Crippen molar-refractivity contribution >= 4 is 22.6 Å². The molecule has 1 aromatic heterocycles. The molecule has 1 heterocycles. The molecule has 0 amide bonds. The fourth-order valence-electron chi connectivity index (χ4n) is 1.67. The van der Waals surface area contributed by atoms with Gasteiger partial charge < -0.3 is 5.32 Å². The Morgan fingerprint density at radius 3 is 2.94 bits per heavy atom. The van der Waals surface area contributed by atoms with Crippen LogP contribution in [0.4, 0.5) is 0 Å². The van der Waals surface area contributed by atoms with Gasteiger partial charge in [0.2, 0.25) is 0 Å². The molecule has 96 valence electrons. The third-order valence-corrected chi connectivity index (χ3v) is 3.97. The zero-order valence-corrected chi connectivity index (χ0v) is 12.8. The Kier molecular flexibility index (Phi) is 6.11. The number of hydrogen-bond donors (Lipinski definition) is 1. The van der Waals surface area contributed by atoms with Crippen molar-refractivity contribution in [2.75, 3.05) is 6.54 Å². The van der Waals surface area contributed by atoms with Gasteiger partial charge in [-0.15, -0.1) is 0 Å². The van der Waals surface area contributed by atoms with Crippen LogP contribution in [0.15, 0.2) is 11.1 Å². The molecule has 0 fully saturated rings. The lowest BCUT2D eigenvalue weighted by Crippen LogP contribution is -2.33. The highest BCUT2D eigenvalue weighted by molar-refractivity contribution is 14.1. The van der Waals surface area contributed by atoms with Crippen molar-refractivity contribution in [1.29, 1.82) is 0 Å². The van der Waals surface area contributed by atoms with Crippen molar-refractivity contribution in [3.63, 3.8) is 0 Å². The number of rotatable bonds is 6. The molecule has 17 heavy (non-hydrogen) atoms. The minimum absolute atomic E-state index is 0.0584. The molecular weight excluding hydrogens is 329 g/mol. The van der Waals surface area contributed by atoms with Crippen molar-refractivity contribution in [3.8, 4) is 0 Å². The molecule has 1 aromatic rings. The first kappa shape index (κ1) is 14.6. The molecule has 0 radical (unpaired) electrons. The largest absolute Gasteiger partial charge is 0.312 e. The molecule has 1 N–H and O–H groups in total. The molecule has 1 atom stereocenters. The van der Waals surface area contributed by atoms with Crippen LogP contribution in [0.2, 0.25) is 0 Å². The van der Waals surface area contributed by atoms with E-state index >= 15 is 0 Å². The minimum Gasteiger partial charge on any atom is -0.312 e. The predicted octanol–water partition coefficient (Wildman–Crippen LogP) is 1.93. The van der Waals surface area contributed by atoms with Crippen LogP contribution in [0.25, 0.3) is 0 Å². The van der Waals surface area contributed by atoms with Gasteiger partial charge in [0.15, 0.2) is 0 Å². The summed E-state index contributed by atoms with van der Waals surface area (Å²) < 4.78 is 2.38. The van der Waals surface area contributed by atoms with E-state index in [1.807, 2.05) is 6.92 Å². The van der Waals surface area contributed by atoms with Gasteiger partial charge in [0.25, 0.3) is 5.56 Å². The maximum atomic E-state index is 11.9. The maximum Gasteiger partial charge on any atom is 0.267 e. The Morgan fingerprint density at radius 1 is 1.59 bits per heavy atom. The van der Waals surface area contributed by atoms with Crippen molar-refractivity contribution in [3.05, 3.63) is 25.9 Å². The number of nitrogens with zero attached hydrogens (tertiary/aromatic N) is 2. The summed E-state index contributed by atoms with van der Waals surface area (Å²) in [4.78, 5) is 16.1. The molecule has 4 nitrogen and oxygen atoms in total. The maximum absolute atomic E-state index is 11.9.